The summed E-state index contributed by atoms with van der Waals surface area (Å²) < 4.78 is 0. The molecule has 0 radical (unpaired) electrons. The number of nitrogens with two attached hydrogens (primary N) is 1. The van der Waals surface area contributed by atoms with Crippen molar-refractivity contribution in [3.63, 3.8) is 0 Å². The van der Waals surface area contributed by atoms with Crippen LogP contribution < -0.4 is 16.6 Å². The Hall–Kier alpha value is -1.30. The van der Waals surface area contributed by atoms with Crippen LogP contribution in [0.3, 0.4) is 0 Å². The van der Waals surface area contributed by atoms with Gasteiger partial charge in [-0.25, -0.2) is 10.6 Å². The van der Waals surface area contributed by atoms with Crippen molar-refractivity contribution in [2.45, 2.75) is 13.3 Å². The zero-order valence-corrected chi connectivity index (χ0v) is 7.96. The number of rotatable bonds is 4. The molecule has 6 nitrogen and oxygen atoms in total. The maximum Gasteiger partial charge on any atom is 0.331 e. The number of nitrogens with zero attached hydrogens (tertiary/aromatic N) is 1. The van der Waals surface area contributed by atoms with Crippen LogP contribution in [-0.2, 0) is 4.79 Å². The first-order valence-electron chi connectivity index (χ1n) is 4.10. The molecule has 0 rings (SSSR count). The second-order valence-electron chi connectivity index (χ2n) is 2.66. The first kappa shape index (κ1) is 11.7. The van der Waals surface area contributed by atoms with Gasteiger partial charge in [-0.3, -0.25) is 10.2 Å². The summed E-state index contributed by atoms with van der Waals surface area (Å²) in [6, 6.07) is -0.480. The lowest BCUT2D eigenvalue weighted by atomic mass is 10.4. The molecular weight excluding hydrogens is 172 g/mol. The highest BCUT2D eigenvalue weighted by molar-refractivity contribution is 5.83. The van der Waals surface area contributed by atoms with Crippen LogP contribution in [0.5, 0.6) is 0 Å². The van der Waals surface area contributed by atoms with E-state index >= 15 is 0 Å². The lowest BCUT2D eigenvalue weighted by Gasteiger charge is -2.15. The molecule has 0 aliphatic rings. The van der Waals surface area contributed by atoms with E-state index in [4.69, 9.17) is 5.84 Å². The third kappa shape index (κ3) is 5.02. The van der Waals surface area contributed by atoms with Gasteiger partial charge in [0.05, 0.1) is 0 Å². The summed E-state index contributed by atoms with van der Waals surface area (Å²) in [6.07, 6.45) is 0.874. The lowest BCUT2D eigenvalue weighted by molar-refractivity contribution is -0.121. The number of nitrogens with one attached hydrogen (secondary N) is 2. The van der Waals surface area contributed by atoms with Crippen LogP contribution in [0.1, 0.15) is 13.3 Å². The molecule has 0 aromatic carbocycles. The van der Waals surface area contributed by atoms with E-state index in [0.29, 0.717) is 6.54 Å². The number of urea groups is 1. The molecule has 0 spiro atoms. The molecule has 0 aliphatic carbocycles. The molecule has 4 N–H and O–H groups in total. The topological polar surface area (TPSA) is 87.5 Å². The summed E-state index contributed by atoms with van der Waals surface area (Å²) in [5.74, 6) is 4.69. The number of hydrazine groups is 1. The number of hydrogen-bond acceptors (Lipinski definition) is 3. The Labute approximate surface area is 77.4 Å². The Kier molecular flexibility index (Phi) is 5.62. The van der Waals surface area contributed by atoms with Crippen LogP contribution >= 0.6 is 0 Å². The molecule has 76 valence electrons. The van der Waals surface area contributed by atoms with E-state index in [1.165, 1.54) is 11.9 Å². The van der Waals surface area contributed by atoms with Gasteiger partial charge < -0.3 is 10.2 Å². The van der Waals surface area contributed by atoms with E-state index in [1.54, 1.807) is 0 Å². The molecule has 0 saturated carbocycles. The van der Waals surface area contributed by atoms with Crippen molar-refractivity contribution in [2.75, 3.05) is 20.1 Å². The minimum absolute atomic E-state index is 0.0169. The maximum absolute atomic E-state index is 11.1. The highest BCUT2D eigenvalue weighted by atomic mass is 16.2. The summed E-state index contributed by atoms with van der Waals surface area (Å²) in [4.78, 5) is 23.1. The molecule has 0 aromatic rings. The molecule has 0 fully saturated rings. The van der Waals surface area contributed by atoms with Crippen LogP contribution in [0.25, 0.3) is 0 Å². The molecule has 0 aliphatic heterocycles. The van der Waals surface area contributed by atoms with Gasteiger partial charge >= 0.3 is 6.03 Å². The predicted octanol–water partition coefficient (Wildman–Crippen LogP) is -0.972. The van der Waals surface area contributed by atoms with Crippen LogP contribution in [-0.4, -0.2) is 37.0 Å². The van der Waals surface area contributed by atoms with Crippen molar-refractivity contribution in [1.82, 2.24) is 15.6 Å². The quantitative estimate of drug-likeness (QED) is 0.301. The van der Waals surface area contributed by atoms with E-state index in [9.17, 15) is 9.59 Å². The first-order valence-corrected chi connectivity index (χ1v) is 4.10. The lowest BCUT2D eigenvalue weighted by Crippen LogP contribution is -2.45. The number of carbonyl (C=O) groups is 2. The molecule has 0 unspecified atom stereocenters. The van der Waals surface area contributed by atoms with Gasteiger partial charge in [-0.1, -0.05) is 6.92 Å². The molecule has 0 bridgehead atoms. The Balaban J connectivity index is 3.71. The molecule has 3 amide bonds. The van der Waals surface area contributed by atoms with Gasteiger partial charge in [-0.15, -0.1) is 0 Å². The largest absolute Gasteiger partial charge is 0.355 e. The molecule has 0 saturated heterocycles. The Bertz CT molecular complexity index is 183. The van der Waals surface area contributed by atoms with E-state index in [1.807, 2.05) is 12.3 Å². The average molecular weight is 188 g/mol. The highest BCUT2D eigenvalue weighted by Crippen LogP contribution is 1.82. The third-order valence-corrected chi connectivity index (χ3v) is 1.42. The van der Waals surface area contributed by atoms with Gasteiger partial charge in [0.25, 0.3) is 0 Å². The summed E-state index contributed by atoms with van der Waals surface area (Å²) in [6.45, 7) is 2.59. The fourth-order valence-corrected chi connectivity index (χ4v) is 0.718. The van der Waals surface area contributed by atoms with E-state index < -0.39 is 6.03 Å². The number of hydrogen-bond donors (Lipinski definition) is 3. The zero-order chi connectivity index (χ0) is 10.3. The molecular formula is C7H16N4O2. The smallest absolute Gasteiger partial charge is 0.331 e. The third-order valence-electron chi connectivity index (χ3n) is 1.42. The van der Waals surface area contributed by atoms with Gasteiger partial charge in [0.1, 0.15) is 6.54 Å². The second kappa shape index (κ2) is 6.24. The number of carbonyl (C=O) groups excluding carboxylic acids is 2. The summed E-state index contributed by atoms with van der Waals surface area (Å²) in [5.41, 5.74) is 1.93. The van der Waals surface area contributed by atoms with Gasteiger partial charge in [0.2, 0.25) is 5.91 Å². The Morgan fingerprint density at radius 1 is 1.46 bits per heavy atom. The van der Waals surface area contributed by atoms with E-state index in [0.717, 1.165) is 6.42 Å². The normalized spacial score (nSPS) is 9.15. The molecule has 0 aromatic heterocycles. The van der Waals surface area contributed by atoms with E-state index in [-0.39, 0.29) is 12.5 Å². The first-order chi connectivity index (χ1) is 6.11. The van der Waals surface area contributed by atoms with Crippen molar-refractivity contribution in [2.24, 2.45) is 5.84 Å². The van der Waals surface area contributed by atoms with Crippen LogP contribution in [0.15, 0.2) is 0 Å². The molecule has 6 heteroatoms. The molecule has 0 heterocycles. The fraction of sp³-hybridized carbons (Fsp3) is 0.714. The number of amides is 3. The minimum atomic E-state index is -0.480. The average Bonchev–Trinajstić information content (AvgIpc) is 2.13. The van der Waals surface area contributed by atoms with Gasteiger partial charge in [0, 0.05) is 13.6 Å². The van der Waals surface area contributed by atoms with Crippen molar-refractivity contribution in [3.05, 3.63) is 0 Å². The van der Waals surface area contributed by atoms with Gasteiger partial charge in [-0.2, -0.15) is 0 Å². The summed E-state index contributed by atoms with van der Waals surface area (Å²) in [7, 11) is 1.49. The number of likely N-dealkylation sites (N-methyl/N-ethyl adjacent to an activating group) is 1. The van der Waals surface area contributed by atoms with Crippen molar-refractivity contribution in [1.29, 1.82) is 0 Å². The Morgan fingerprint density at radius 2 is 2.08 bits per heavy atom. The Morgan fingerprint density at radius 3 is 2.54 bits per heavy atom. The predicted molar refractivity (Wildman–Crippen MR) is 48.6 cm³/mol. The van der Waals surface area contributed by atoms with E-state index in [2.05, 4.69) is 5.32 Å². The minimum Gasteiger partial charge on any atom is -0.355 e. The van der Waals surface area contributed by atoms with Gasteiger partial charge in [0.15, 0.2) is 0 Å². The highest BCUT2D eigenvalue weighted by Gasteiger charge is 2.09. The van der Waals surface area contributed by atoms with Crippen LogP contribution in [0.4, 0.5) is 4.79 Å². The van der Waals surface area contributed by atoms with Crippen LogP contribution in [0, 0.1) is 0 Å². The molecule has 13 heavy (non-hydrogen) atoms. The van der Waals surface area contributed by atoms with Crippen LogP contribution in [0.2, 0.25) is 0 Å². The fourth-order valence-electron chi connectivity index (χ4n) is 0.718. The standard InChI is InChI=1S/C7H16N4O2/c1-3-4-9-6(12)5-11(2)7(13)10-8/h3-5,8H2,1-2H3,(H,9,12)(H,10,13). The van der Waals surface area contributed by atoms with Crippen molar-refractivity contribution < 1.29 is 9.59 Å². The summed E-state index contributed by atoms with van der Waals surface area (Å²) in [5, 5.41) is 2.64. The molecule has 0 atom stereocenters. The van der Waals surface area contributed by atoms with Crippen molar-refractivity contribution >= 4 is 11.9 Å². The SMILES string of the molecule is CCCNC(=O)CN(C)C(=O)NN. The second-order valence-corrected chi connectivity index (χ2v) is 2.66. The monoisotopic (exact) mass is 188 g/mol. The van der Waals surface area contributed by atoms with Crippen molar-refractivity contribution in [3.8, 4) is 0 Å². The zero-order valence-electron chi connectivity index (χ0n) is 7.96. The summed E-state index contributed by atoms with van der Waals surface area (Å²) >= 11 is 0. The van der Waals surface area contributed by atoms with Gasteiger partial charge in [-0.05, 0) is 6.42 Å². The maximum atomic E-state index is 11.1.